The first-order valence-corrected chi connectivity index (χ1v) is 7.47. The van der Waals surface area contributed by atoms with Gasteiger partial charge in [0.15, 0.2) is 0 Å². The van der Waals surface area contributed by atoms with Crippen LogP contribution in [-0.2, 0) is 0 Å². The van der Waals surface area contributed by atoms with E-state index in [2.05, 4.69) is 27.7 Å². The van der Waals surface area contributed by atoms with Gasteiger partial charge in [0.1, 0.15) is 17.5 Å². The Labute approximate surface area is 120 Å². The van der Waals surface area contributed by atoms with E-state index in [9.17, 15) is 0 Å². The third kappa shape index (κ3) is 2.86. The van der Waals surface area contributed by atoms with Crippen molar-refractivity contribution in [3.05, 3.63) is 11.4 Å². The predicted octanol–water partition coefficient (Wildman–Crippen LogP) is 1.45. The van der Waals surface area contributed by atoms with Crippen molar-refractivity contribution in [3.63, 3.8) is 0 Å². The van der Waals surface area contributed by atoms with Crippen molar-refractivity contribution >= 4 is 11.6 Å². The maximum absolute atomic E-state index is 5.59. The summed E-state index contributed by atoms with van der Waals surface area (Å²) in [7, 11) is 2.17. The maximum atomic E-state index is 5.59. The number of aromatic nitrogens is 2. The number of hydrogen-bond donors (Lipinski definition) is 3. The molecule has 2 aliphatic rings. The van der Waals surface area contributed by atoms with Crippen LogP contribution in [0.3, 0.4) is 0 Å². The Morgan fingerprint density at radius 1 is 1.10 bits per heavy atom. The molecular weight excluding hydrogens is 252 g/mol. The highest BCUT2D eigenvalue weighted by Gasteiger charge is 2.28. The van der Waals surface area contributed by atoms with Gasteiger partial charge in [-0.25, -0.2) is 15.8 Å². The highest BCUT2D eigenvalue weighted by molar-refractivity contribution is 5.57. The fourth-order valence-electron chi connectivity index (χ4n) is 2.69. The molecule has 0 amide bonds. The molecule has 0 atom stereocenters. The molecule has 0 bridgehead atoms. The molecule has 1 aromatic heterocycles. The molecule has 6 nitrogen and oxygen atoms in total. The molecule has 1 aliphatic carbocycles. The molecule has 0 aromatic carbocycles. The lowest BCUT2D eigenvalue weighted by atomic mass is 10.1. The van der Waals surface area contributed by atoms with Crippen LogP contribution in [0.25, 0.3) is 0 Å². The van der Waals surface area contributed by atoms with Gasteiger partial charge in [0.25, 0.3) is 0 Å². The highest BCUT2D eigenvalue weighted by atomic mass is 15.3. The van der Waals surface area contributed by atoms with Gasteiger partial charge in [-0.1, -0.05) is 0 Å². The smallest absolute Gasteiger partial charge is 0.148 e. The number of hydrazine groups is 1. The van der Waals surface area contributed by atoms with E-state index in [0.717, 1.165) is 49.0 Å². The van der Waals surface area contributed by atoms with Gasteiger partial charge in [-0.15, -0.1) is 0 Å². The van der Waals surface area contributed by atoms with Crippen LogP contribution in [0.1, 0.15) is 43.0 Å². The van der Waals surface area contributed by atoms with E-state index in [0.29, 0.717) is 12.0 Å². The van der Waals surface area contributed by atoms with Gasteiger partial charge in [0.2, 0.25) is 0 Å². The molecule has 6 heteroatoms. The fraction of sp³-hybridized carbons (Fsp3) is 0.714. The standard InChI is InChI=1S/C14H24N6/c1-9-12(16-11-5-7-20(2)8-6-11)17-14(10-3-4-10)18-13(9)19-15/h10-11H,3-8,15H2,1-2H3,(H2,16,17,18,19). The summed E-state index contributed by atoms with van der Waals surface area (Å²) in [6, 6.07) is 0.498. The van der Waals surface area contributed by atoms with Gasteiger partial charge < -0.3 is 15.6 Å². The summed E-state index contributed by atoms with van der Waals surface area (Å²) in [4.78, 5) is 11.6. The zero-order valence-electron chi connectivity index (χ0n) is 12.3. The van der Waals surface area contributed by atoms with Crippen molar-refractivity contribution in [2.45, 2.75) is 44.6 Å². The molecule has 1 aromatic rings. The Kier molecular flexibility index (Phi) is 3.76. The lowest BCUT2D eigenvalue weighted by Crippen LogP contribution is -2.37. The summed E-state index contributed by atoms with van der Waals surface area (Å²) < 4.78 is 0. The maximum Gasteiger partial charge on any atom is 0.148 e. The summed E-state index contributed by atoms with van der Waals surface area (Å²) in [5.41, 5.74) is 3.71. The van der Waals surface area contributed by atoms with E-state index in [-0.39, 0.29) is 0 Å². The van der Waals surface area contributed by atoms with E-state index < -0.39 is 0 Å². The van der Waals surface area contributed by atoms with Gasteiger partial charge in [-0.05, 0) is 52.7 Å². The SMILES string of the molecule is Cc1c(NN)nc(C2CC2)nc1NC1CCN(C)CC1. The highest BCUT2D eigenvalue weighted by Crippen LogP contribution is 2.39. The number of nitrogens with one attached hydrogen (secondary N) is 2. The normalized spacial score (nSPS) is 20.9. The monoisotopic (exact) mass is 276 g/mol. The Balaban J connectivity index is 1.78. The van der Waals surface area contributed by atoms with Gasteiger partial charge in [-0.2, -0.15) is 0 Å². The number of nitrogen functional groups attached to an aromatic ring is 1. The average molecular weight is 276 g/mol. The molecule has 110 valence electrons. The number of likely N-dealkylation sites (tertiary alicyclic amines) is 1. The third-order valence-electron chi connectivity index (χ3n) is 4.30. The van der Waals surface area contributed by atoms with E-state index in [1.807, 2.05) is 6.92 Å². The number of nitrogens with zero attached hydrogens (tertiary/aromatic N) is 3. The molecule has 1 saturated carbocycles. The molecule has 1 aliphatic heterocycles. The lowest BCUT2D eigenvalue weighted by Gasteiger charge is -2.30. The second-order valence-electron chi connectivity index (χ2n) is 6.04. The van der Waals surface area contributed by atoms with E-state index >= 15 is 0 Å². The topological polar surface area (TPSA) is 79.1 Å². The van der Waals surface area contributed by atoms with Crippen LogP contribution in [-0.4, -0.2) is 41.0 Å². The van der Waals surface area contributed by atoms with Gasteiger partial charge >= 0.3 is 0 Å². The first-order valence-electron chi connectivity index (χ1n) is 7.47. The summed E-state index contributed by atoms with van der Waals surface area (Å²) in [5.74, 6) is 8.74. The minimum absolute atomic E-state index is 0.498. The zero-order chi connectivity index (χ0) is 14.1. The van der Waals surface area contributed by atoms with Crippen molar-refractivity contribution in [2.24, 2.45) is 5.84 Å². The predicted molar refractivity (Wildman–Crippen MR) is 80.7 cm³/mol. The first kappa shape index (κ1) is 13.6. The molecule has 4 N–H and O–H groups in total. The first-order chi connectivity index (χ1) is 9.67. The van der Waals surface area contributed by atoms with Gasteiger partial charge in [0.05, 0.1) is 0 Å². The van der Waals surface area contributed by atoms with Crippen LogP contribution in [0, 0.1) is 6.92 Å². The Hall–Kier alpha value is -1.40. The van der Waals surface area contributed by atoms with Crippen molar-refractivity contribution < 1.29 is 0 Å². The Bertz CT molecular complexity index is 477. The van der Waals surface area contributed by atoms with Crippen LogP contribution in [0.4, 0.5) is 11.6 Å². The van der Waals surface area contributed by atoms with Crippen LogP contribution in [0.5, 0.6) is 0 Å². The van der Waals surface area contributed by atoms with Crippen molar-refractivity contribution in [2.75, 3.05) is 30.9 Å². The molecule has 0 spiro atoms. The van der Waals surface area contributed by atoms with E-state index in [1.165, 1.54) is 12.8 Å². The molecular formula is C14H24N6. The fourth-order valence-corrected chi connectivity index (χ4v) is 2.69. The number of rotatable bonds is 4. The summed E-state index contributed by atoms with van der Waals surface area (Å²) >= 11 is 0. The molecule has 3 rings (SSSR count). The molecule has 0 radical (unpaired) electrons. The minimum Gasteiger partial charge on any atom is -0.367 e. The number of hydrogen-bond acceptors (Lipinski definition) is 6. The Morgan fingerprint density at radius 3 is 2.35 bits per heavy atom. The molecule has 0 unspecified atom stereocenters. The lowest BCUT2D eigenvalue weighted by molar-refractivity contribution is 0.263. The van der Waals surface area contributed by atoms with Crippen molar-refractivity contribution in [3.8, 4) is 0 Å². The Morgan fingerprint density at radius 2 is 1.75 bits per heavy atom. The summed E-state index contributed by atoms with van der Waals surface area (Å²) in [5, 5.41) is 3.59. The van der Waals surface area contributed by atoms with Gasteiger partial charge in [0, 0.05) is 17.5 Å². The largest absolute Gasteiger partial charge is 0.367 e. The number of anilines is 2. The van der Waals surface area contributed by atoms with Crippen molar-refractivity contribution in [1.82, 2.24) is 14.9 Å². The molecule has 2 heterocycles. The average Bonchev–Trinajstić information content (AvgIpc) is 3.28. The summed E-state index contributed by atoms with van der Waals surface area (Å²) in [6.07, 6.45) is 4.70. The molecule has 1 saturated heterocycles. The molecule has 20 heavy (non-hydrogen) atoms. The van der Waals surface area contributed by atoms with Crippen molar-refractivity contribution in [1.29, 1.82) is 0 Å². The van der Waals surface area contributed by atoms with Crippen LogP contribution in [0.2, 0.25) is 0 Å². The van der Waals surface area contributed by atoms with Gasteiger partial charge in [-0.3, -0.25) is 0 Å². The minimum atomic E-state index is 0.498. The third-order valence-corrected chi connectivity index (χ3v) is 4.30. The second-order valence-corrected chi connectivity index (χ2v) is 6.04. The summed E-state index contributed by atoms with van der Waals surface area (Å²) in [6.45, 7) is 4.29. The number of piperidine rings is 1. The van der Waals surface area contributed by atoms with E-state index in [4.69, 9.17) is 10.8 Å². The molecule has 2 fully saturated rings. The van der Waals surface area contributed by atoms with Crippen LogP contribution < -0.4 is 16.6 Å². The van der Waals surface area contributed by atoms with E-state index in [1.54, 1.807) is 0 Å². The van der Waals surface area contributed by atoms with Crippen LogP contribution in [0.15, 0.2) is 0 Å². The zero-order valence-corrected chi connectivity index (χ0v) is 12.3. The quantitative estimate of drug-likeness (QED) is 0.571. The van der Waals surface area contributed by atoms with Crippen LogP contribution >= 0.6 is 0 Å². The number of nitrogens with two attached hydrogens (primary N) is 1. The second kappa shape index (κ2) is 5.54.